The van der Waals surface area contributed by atoms with Crippen molar-refractivity contribution in [2.45, 2.75) is 26.3 Å². The average molecular weight is 255 g/mol. The lowest BCUT2D eigenvalue weighted by Gasteiger charge is -2.13. The highest BCUT2D eigenvalue weighted by molar-refractivity contribution is 5.35. The van der Waals surface area contributed by atoms with Crippen LogP contribution in [0.4, 0.5) is 11.9 Å². The van der Waals surface area contributed by atoms with Crippen LogP contribution < -0.4 is 15.4 Å². The molecule has 0 aliphatic carbocycles. The van der Waals surface area contributed by atoms with Gasteiger partial charge in [0.1, 0.15) is 0 Å². The Morgan fingerprint density at radius 1 is 1.22 bits per heavy atom. The van der Waals surface area contributed by atoms with Crippen molar-refractivity contribution in [1.82, 2.24) is 15.0 Å². The third-order valence-electron chi connectivity index (χ3n) is 2.07. The van der Waals surface area contributed by atoms with Crippen LogP contribution in [-0.2, 0) is 4.74 Å². The van der Waals surface area contributed by atoms with Gasteiger partial charge in [-0.3, -0.25) is 0 Å². The van der Waals surface area contributed by atoms with E-state index in [1.165, 1.54) is 0 Å². The number of aromatic nitrogens is 3. The maximum atomic E-state index is 5.41. The van der Waals surface area contributed by atoms with E-state index in [2.05, 4.69) is 25.6 Å². The van der Waals surface area contributed by atoms with Crippen LogP contribution in [0.2, 0.25) is 0 Å². The van der Waals surface area contributed by atoms with E-state index in [1.807, 2.05) is 13.8 Å². The molecule has 1 atom stereocenters. The zero-order valence-corrected chi connectivity index (χ0v) is 11.4. The highest BCUT2D eigenvalue weighted by Crippen LogP contribution is 2.11. The highest BCUT2D eigenvalue weighted by Gasteiger charge is 2.09. The molecule has 102 valence electrons. The molecule has 1 aromatic heterocycles. The van der Waals surface area contributed by atoms with Crippen molar-refractivity contribution in [2.24, 2.45) is 0 Å². The molecule has 0 spiro atoms. The Morgan fingerprint density at radius 3 is 2.56 bits per heavy atom. The molecule has 7 heteroatoms. The fourth-order valence-corrected chi connectivity index (χ4v) is 1.30. The minimum Gasteiger partial charge on any atom is -0.463 e. The molecule has 0 radical (unpaired) electrons. The smallest absolute Gasteiger partial charge is 0.323 e. The van der Waals surface area contributed by atoms with Crippen molar-refractivity contribution in [1.29, 1.82) is 0 Å². The molecule has 1 unspecified atom stereocenters. The summed E-state index contributed by atoms with van der Waals surface area (Å²) in [4.78, 5) is 12.5. The number of hydrogen-bond donors (Lipinski definition) is 2. The van der Waals surface area contributed by atoms with E-state index < -0.39 is 0 Å². The summed E-state index contributed by atoms with van der Waals surface area (Å²) in [6.45, 7) is 5.17. The molecule has 7 nitrogen and oxygen atoms in total. The van der Waals surface area contributed by atoms with E-state index in [0.29, 0.717) is 31.1 Å². The largest absolute Gasteiger partial charge is 0.463 e. The van der Waals surface area contributed by atoms with Crippen LogP contribution >= 0.6 is 0 Å². The quantitative estimate of drug-likeness (QED) is 0.721. The summed E-state index contributed by atoms with van der Waals surface area (Å²) in [5.41, 5.74) is 0. The van der Waals surface area contributed by atoms with Crippen LogP contribution in [0.1, 0.15) is 20.3 Å². The zero-order chi connectivity index (χ0) is 13.4. The highest BCUT2D eigenvalue weighted by atomic mass is 16.5. The van der Waals surface area contributed by atoms with Gasteiger partial charge in [-0.15, -0.1) is 0 Å². The maximum absolute atomic E-state index is 5.41. The standard InChI is InChI=1S/C11H21N5O2/c1-5-6-18-11-15-9(12-3)14-10(16-11)13-8(2)7-17-4/h8H,5-7H2,1-4H3,(H2,12,13,14,15,16). The van der Waals surface area contributed by atoms with Crippen LogP contribution in [0, 0.1) is 0 Å². The van der Waals surface area contributed by atoms with E-state index in [0.717, 1.165) is 6.42 Å². The molecule has 0 saturated carbocycles. The van der Waals surface area contributed by atoms with Gasteiger partial charge in [0.2, 0.25) is 11.9 Å². The molecule has 18 heavy (non-hydrogen) atoms. The van der Waals surface area contributed by atoms with Gasteiger partial charge in [-0.1, -0.05) is 6.92 Å². The molecule has 0 bridgehead atoms. The number of methoxy groups -OCH3 is 1. The molecule has 1 rings (SSSR count). The number of anilines is 2. The zero-order valence-electron chi connectivity index (χ0n) is 11.4. The van der Waals surface area contributed by atoms with Gasteiger partial charge in [0.05, 0.1) is 13.2 Å². The van der Waals surface area contributed by atoms with E-state index in [-0.39, 0.29) is 6.04 Å². The van der Waals surface area contributed by atoms with E-state index >= 15 is 0 Å². The van der Waals surface area contributed by atoms with Gasteiger partial charge in [0.15, 0.2) is 0 Å². The van der Waals surface area contributed by atoms with Crippen LogP contribution in [0.25, 0.3) is 0 Å². The van der Waals surface area contributed by atoms with Crippen LogP contribution in [0.5, 0.6) is 6.01 Å². The Kier molecular flexibility index (Phi) is 6.13. The third kappa shape index (κ3) is 4.70. The Balaban J connectivity index is 2.76. The fraction of sp³-hybridized carbons (Fsp3) is 0.727. The topological polar surface area (TPSA) is 81.2 Å². The first-order chi connectivity index (χ1) is 8.69. The van der Waals surface area contributed by atoms with E-state index in [9.17, 15) is 0 Å². The lowest BCUT2D eigenvalue weighted by molar-refractivity contribution is 0.190. The molecule has 2 N–H and O–H groups in total. The number of hydrogen-bond acceptors (Lipinski definition) is 7. The van der Waals surface area contributed by atoms with Gasteiger partial charge in [-0.25, -0.2) is 0 Å². The second kappa shape index (κ2) is 7.65. The van der Waals surface area contributed by atoms with Crippen molar-refractivity contribution in [3.05, 3.63) is 0 Å². The molecular weight excluding hydrogens is 234 g/mol. The number of nitrogens with one attached hydrogen (secondary N) is 2. The Labute approximate surface area is 107 Å². The van der Waals surface area contributed by atoms with Crippen LogP contribution in [0.15, 0.2) is 0 Å². The second-order valence-corrected chi connectivity index (χ2v) is 3.86. The van der Waals surface area contributed by atoms with E-state index in [4.69, 9.17) is 9.47 Å². The molecule has 0 saturated heterocycles. The summed E-state index contributed by atoms with van der Waals surface area (Å²) >= 11 is 0. The van der Waals surface area contributed by atoms with Crippen LogP contribution in [0.3, 0.4) is 0 Å². The normalized spacial score (nSPS) is 12.0. The monoisotopic (exact) mass is 255 g/mol. The first kappa shape index (κ1) is 14.4. The lowest BCUT2D eigenvalue weighted by atomic mass is 10.4. The molecule has 0 aliphatic rings. The molecule has 0 fully saturated rings. The number of nitrogens with zero attached hydrogens (tertiary/aromatic N) is 3. The molecule has 0 aromatic carbocycles. The SMILES string of the molecule is CCCOc1nc(NC)nc(NC(C)COC)n1. The summed E-state index contributed by atoms with van der Waals surface area (Å²) in [7, 11) is 3.40. The minimum absolute atomic E-state index is 0.112. The first-order valence-electron chi connectivity index (χ1n) is 6.01. The van der Waals surface area contributed by atoms with Gasteiger partial charge in [-0.2, -0.15) is 15.0 Å². The number of rotatable bonds is 8. The fourth-order valence-electron chi connectivity index (χ4n) is 1.30. The average Bonchev–Trinajstić information content (AvgIpc) is 2.36. The second-order valence-electron chi connectivity index (χ2n) is 3.86. The predicted molar refractivity (Wildman–Crippen MR) is 70.1 cm³/mol. The summed E-state index contributed by atoms with van der Waals surface area (Å²) in [5.74, 6) is 0.952. The third-order valence-corrected chi connectivity index (χ3v) is 2.07. The molecule has 0 aliphatic heterocycles. The van der Waals surface area contributed by atoms with Gasteiger partial charge >= 0.3 is 6.01 Å². The summed E-state index contributed by atoms with van der Waals surface area (Å²) in [6, 6.07) is 0.435. The predicted octanol–water partition coefficient (Wildman–Crippen LogP) is 1.15. The van der Waals surface area contributed by atoms with Crippen molar-refractivity contribution in [2.75, 3.05) is 38.0 Å². The summed E-state index contributed by atoms with van der Waals surface area (Å²) < 4.78 is 10.5. The Bertz CT molecular complexity index is 361. The Morgan fingerprint density at radius 2 is 1.94 bits per heavy atom. The van der Waals surface area contributed by atoms with Gasteiger partial charge < -0.3 is 20.1 Å². The van der Waals surface area contributed by atoms with Crippen molar-refractivity contribution in [3.8, 4) is 6.01 Å². The molecular formula is C11H21N5O2. The molecule has 0 amide bonds. The van der Waals surface area contributed by atoms with Gasteiger partial charge in [0.25, 0.3) is 0 Å². The molecule has 1 aromatic rings. The Hall–Kier alpha value is -1.63. The lowest BCUT2D eigenvalue weighted by Crippen LogP contribution is -2.22. The number of ether oxygens (including phenoxy) is 2. The summed E-state index contributed by atoms with van der Waals surface area (Å²) in [6.07, 6.45) is 0.906. The van der Waals surface area contributed by atoms with Crippen molar-refractivity contribution in [3.63, 3.8) is 0 Å². The van der Waals surface area contributed by atoms with Crippen LogP contribution in [-0.4, -0.2) is 48.4 Å². The van der Waals surface area contributed by atoms with Crippen molar-refractivity contribution >= 4 is 11.9 Å². The minimum atomic E-state index is 0.112. The van der Waals surface area contributed by atoms with Gasteiger partial charge in [-0.05, 0) is 13.3 Å². The summed E-state index contributed by atoms with van der Waals surface area (Å²) in [5, 5.41) is 6.00. The first-order valence-corrected chi connectivity index (χ1v) is 6.01. The maximum Gasteiger partial charge on any atom is 0.323 e. The van der Waals surface area contributed by atoms with Crippen molar-refractivity contribution < 1.29 is 9.47 Å². The van der Waals surface area contributed by atoms with Gasteiger partial charge in [0, 0.05) is 20.2 Å². The van der Waals surface area contributed by atoms with E-state index in [1.54, 1.807) is 14.2 Å². The molecule has 1 heterocycles.